The number of carbonyl (C=O) groups is 1. The molecule has 0 aliphatic carbocycles. The predicted molar refractivity (Wildman–Crippen MR) is 87.0 cm³/mol. The Morgan fingerprint density at radius 1 is 1.00 bits per heavy atom. The monoisotopic (exact) mass is 316 g/mol. The van der Waals surface area contributed by atoms with Crippen molar-refractivity contribution in [1.82, 2.24) is 0 Å². The van der Waals surface area contributed by atoms with E-state index in [-0.39, 0.29) is 37.4 Å². The van der Waals surface area contributed by atoms with Crippen LogP contribution in [-0.4, -0.2) is 16.2 Å². The number of phenols is 1. The molecule has 0 aliphatic rings. The Bertz CT molecular complexity index is 433. The average Bonchev–Trinajstić information content (AvgIpc) is 2.43. The number of aliphatic carboxylic acids is 1. The van der Waals surface area contributed by atoms with E-state index in [1.165, 1.54) is 0 Å². The van der Waals surface area contributed by atoms with E-state index in [4.69, 9.17) is 5.11 Å². The third kappa shape index (κ3) is 7.66. The summed E-state index contributed by atoms with van der Waals surface area (Å²) in [4.78, 5) is 10.9. The quantitative estimate of drug-likeness (QED) is 0.509. The number of aryl methyl sites for hydroxylation is 2. The number of rotatable bonds is 10. The van der Waals surface area contributed by atoms with Gasteiger partial charge in [0.1, 0.15) is 5.75 Å². The van der Waals surface area contributed by atoms with Gasteiger partial charge in [-0.1, -0.05) is 51.7 Å². The summed E-state index contributed by atoms with van der Waals surface area (Å²) in [5, 5.41) is 19.4. The molecule has 0 saturated carbocycles. The third-order valence-corrected chi connectivity index (χ3v) is 3.78. The molecule has 0 amide bonds. The molecule has 0 fully saturated rings. The molecule has 0 atom stereocenters. The zero-order valence-corrected chi connectivity index (χ0v) is 16.3. The molecule has 0 saturated heterocycles. The Balaban J connectivity index is 0. The molecule has 4 heteroatoms. The van der Waals surface area contributed by atoms with Gasteiger partial charge in [0.25, 0.3) is 0 Å². The predicted octanol–water partition coefficient (Wildman–Crippen LogP) is 1.60. The summed E-state index contributed by atoms with van der Waals surface area (Å²) >= 11 is 0. The minimum atomic E-state index is -0.820. The van der Waals surface area contributed by atoms with E-state index in [0.717, 1.165) is 68.1 Å². The van der Waals surface area contributed by atoms with Crippen LogP contribution in [-0.2, 0) is 24.1 Å². The summed E-state index contributed by atoms with van der Waals surface area (Å²) < 4.78 is 0. The first-order chi connectivity index (χ1) is 10.1. The van der Waals surface area contributed by atoms with Crippen molar-refractivity contribution in [1.29, 1.82) is 0 Å². The summed E-state index contributed by atoms with van der Waals surface area (Å²) in [6.45, 7) is 4.30. The second kappa shape index (κ2) is 12.0. The number of hydrogen-bond donors (Lipinski definition) is 2. The minimum absolute atomic E-state index is 0. The molecule has 0 unspecified atom stereocenters. The normalized spacial score (nSPS) is 10.3. The minimum Gasteiger partial charge on any atom is -1.00 e. The Morgan fingerprint density at radius 2 is 1.45 bits per heavy atom. The van der Waals surface area contributed by atoms with Crippen LogP contribution in [0.4, 0.5) is 0 Å². The maximum Gasteiger partial charge on any atom is 1.00 e. The third-order valence-electron chi connectivity index (χ3n) is 3.78. The van der Waals surface area contributed by atoms with Crippen molar-refractivity contribution in [2.75, 3.05) is 0 Å². The Hall–Kier alpha value is -0.510. The zero-order chi connectivity index (χ0) is 15.7. The average molecular weight is 316 g/mol. The first-order valence-electron chi connectivity index (χ1n) is 8.13. The summed E-state index contributed by atoms with van der Waals surface area (Å²) in [6, 6.07) is 3.73. The van der Waals surface area contributed by atoms with Gasteiger partial charge in [0.15, 0.2) is 0 Å². The molecular weight excluding hydrogens is 287 g/mol. The SMILES string of the molecule is CCCCCc1cc(CC(=O)O)cc(CCCCC)c1O.[H-].[Na+]. The zero-order valence-electron chi connectivity index (χ0n) is 15.3. The van der Waals surface area contributed by atoms with Crippen molar-refractivity contribution in [3.05, 3.63) is 28.8 Å². The standard InChI is InChI=1S/C18H28O3.Na.H/c1-3-5-7-9-15-11-14(13-17(19)20)12-16(18(15)21)10-8-6-4-2;;/h11-12,21H,3-10,13H2,1-2H3,(H,19,20);;/q;+1;-1. The van der Waals surface area contributed by atoms with Gasteiger partial charge in [0.2, 0.25) is 0 Å². The Morgan fingerprint density at radius 3 is 1.82 bits per heavy atom. The molecule has 1 aromatic carbocycles. The van der Waals surface area contributed by atoms with Crippen LogP contribution >= 0.6 is 0 Å². The topological polar surface area (TPSA) is 57.5 Å². The van der Waals surface area contributed by atoms with Gasteiger partial charge in [0, 0.05) is 0 Å². The van der Waals surface area contributed by atoms with Gasteiger partial charge in [-0.15, -0.1) is 0 Å². The number of carboxylic acid groups (broad SMARTS) is 1. The molecular formula is C18H29NaO3. The van der Waals surface area contributed by atoms with E-state index in [9.17, 15) is 9.90 Å². The van der Waals surface area contributed by atoms with E-state index < -0.39 is 5.97 Å². The van der Waals surface area contributed by atoms with Crippen molar-refractivity contribution >= 4 is 5.97 Å². The van der Waals surface area contributed by atoms with Crippen LogP contribution in [0, 0.1) is 0 Å². The molecule has 0 heterocycles. The van der Waals surface area contributed by atoms with Crippen LogP contribution in [0.5, 0.6) is 5.75 Å². The summed E-state index contributed by atoms with van der Waals surface area (Å²) in [5.41, 5.74) is 2.63. The number of hydrogen-bond acceptors (Lipinski definition) is 2. The van der Waals surface area contributed by atoms with Gasteiger partial charge in [-0.05, 0) is 42.4 Å². The van der Waals surface area contributed by atoms with Gasteiger partial charge >= 0.3 is 35.5 Å². The van der Waals surface area contributed by atoms with Gasteiger partial charge in [0.05, 0.1) is 6.42 Å². The fourth-order valence-corrected chi connectivity index (χ4v) is 2.62. The molecule has 0 bridgehead atoms. The maximum atomic E-state index is 10.9. The molecule has 120 valence electrons. The van der Waals surface area contributed by atoms with Crippen LogP contribution in [0.15, 0.2) is 12.1 Å². The second-order valence-corrected chi connectivity index (χ2v) is 5.75. The van der Waals surface area contributed by atoms with Gasteiger partial charge in [-0.2, -0.15) is 0 Å². The molecule has 3 nitrogen and oxygen atoms in total. The summed E-state index contributed by atoms with van der Waals surface area (Å²) in [6.07, 6.45) is 8.30. The maximum absolute atomic E-state index is 10.9. The summed E-state index contributed by atoms with van der Waals surface area (Å²) in [7, 11) is 0. The Labute approximate surface area is 157 Å². The molecule has 0 spiro atoms. The molecule has 1 rings (SSSR count). The number of benzene rings is 1. The van der Waals surface area contributed by atoms with Crippen LogP contribution in [0.3, 0.4) is 0 Å². The van der Waals surface area contributed by atoms with Gasteiger partial charge < -0.3 is 11.6 Å². The molecule has 22 heavy (non-hydrogen) atoms. The van der Waals surface area contributed by atoms with E-state index >= 15 is 0 Å². The molecule has 0 radical (unpaired) electrons. The van der Waals surface area contributed by atoms with E-state index in [2.05, 4.69) is 13.8 Å². The summed E-state index contributed by atoms with van der Waals surface area (Å²) in [5.74, 6) is -0.434. The smallest absolute Gasteiger partial charge is 1.00 e. The number of carboxylic acids is 1. The fraction of sp³-hybridized carbons (Fsp3) is 0.611. The number of phenolic OH excluding ortho intramolecular Hbond substituents is 1. The van der Waals surface area contributed by atoms with Crippen LogP contribution in [0.2, 0.25) is 0 Å². The van der Waals surface area contributed by atoms with Crippen molar-refractivity contribution in [2.45, 2.75) is 71.6 Å². The number of aromatic hydroxyl groups is 1. The van der Waals surface area contributed by atoms with Crippen molar-refractivity contribution in [2.24, 2.45) is 0 Å². The fourth-order valence-electron chi connectivity index (χ4n) is 2.62. The second-order valence-electron chi connectivity index (χ2n) is 5.75. The first-order valence-corrected chi connectivity index (χ1v) is 8.13. The molecule has 1 aromatic rings. The largest absolute Gasteiger partial charge is 1.00 e. The molecule has 0 aromatic heterocycles. The van der Waals surface area contributed by atoms with Crippen molar-refractivity contribution in [3.63, 3.8) is 0 Å². The van der Waals surface area contributed by atoms with E-state index in [0.29, 0.717) is 5.75 Å². The number of unbranched alkanes of at least 4 members (excludes halogenated alkanes) is 4. The first kappa shape index (κ1) is 21.5. The van der Waals surface area contributed by atoms with Crippen molar-refractivity contribution in [3.8, 4) is 5.75 Å². The van der Waals surface area contributed by atoms with Crippen molar-refractivity contribution < 1.29 is 46.0 Å². The van der Waals surface area contributed by atoms with E-state index in [1.807, 2.05) is 12.1 Å². The molecule has 0 aliphatic heterocycles. The Kier molecular flexibility index (Phi) is 11.7. The van der Waals surface area contributed by atoms with E-state index in [1.54, 1.807) is 0 Å². The van der Waals surface area contributed by atoms with Crippen LogP contribution < -0.4 is 29.6 Å². The van der Waals surface area contributed by atoms with Crippen LogP contribution in [0.1, 0.15) is 70.5 Å². The molecule has 2 N–H and O–H groups in total. The van der Waals surface area contributed by atoms with Crippen LogP contribution in [0.25, 0.3) is 0 Å². The van der Waals surface area contributed by atoms with Gasteiger partial charge in [-0.3, -0.25) is 4.79 Å². The van der Waals surface area contributed by atoms with Gasteiger partial charge in [-0.25, -0.2) is 0 Å².